The lowest BCUT2D eigenvalue weighted by Crippen LogP contribution is -2.36. The molecule has 0 heterocycles. The van der Waals surface area contributed by atoms with Gasteiger partial charge in [0.2, 0.25) is 0 Å². The molecule has 2 rings (SSSR count). The second kappa shape index (κ2) is 6.30. The zero-order valence-corrected chi connectivity index (χ0v) is 12.4. The molecule has 106 valence electrons. The summed E-state index contributed by atoms with van der Waals surface area (Å²) >= 11 is 6.11. The van der Waals surface area contributed by atoms with E-state index in [0.29, 0.717) is 22.1 Å². The van der Waals surface area contributed by atoms with Gasteiger partial charge < -0.3 is 10.0 Å². The molecule has 1 fully saturated rings. The molecule has 1 aliphatic rings. The molecule has 1 unspecified atom stereocenters. The van der Waals surface area contributed by atoms with Crippen LogP contribution in [0, 0.1) is 17.8 Å². The Hall–Kier alpha value is -1.50. The molecule has 0 radical (unpaired) electrons. The van der Waals surface area contributed by atoms with Gasteiger partial charge in [-0.2, -0.15) is 0 Å². The van der Waals surface area contributed by atoms with Gasteiger partial charge in [0.05, 0.1) is 5.02 Å². The number of hydrogen-bond donors (Lipinski definition) is 1. The van der Waals surface area contributed by atoms with Crippen LogP contribution in [0.2, 0.25) is 5.02 Å². The van der Waals surface area contributed by atoms with Crippen molar-refractivity contribution in [2.45, 2.75) is 25.8 Å². The first-order valence-electron chi connectivity index (χ1n) is 6.71. The molecule has 1 saturated carbocycles. The molecule has 1 aliphatic carbocycles. The molecule has 4 heteroatoms. The van der Waals surface area contributed by atoms with Crippen molar-refractivity contribution in [2.75, 3.05) is 13.7 Å². The predicted octanol–water partition coefficient (Wildman–Crippen LogP) is 2.55. The summed E-state index contributed by atoms with van der Waals surface area (Å²) in [4.78, 5) is 14.2. The topological polar surface area (TPSA) is 40.5 Å². The van der Waals surface area contributed by atoms with Gasteiger partial charge in [-0.1, -0.05) is 23.4 Å². The molecule has 0 bridgehead atoms. The number of carbonyl (C=O) groups excluding carboxylic acids is 1. The van der Waals surface area contributed by atoms with Crippen LogP contribution >= 0.6 is 11.6 Å². The summed E-state index contributed by atoms with van der Waals surface area (Å²) in [5.41, 5.74) is 1.19. The third-order valence-electron chi connectivity index (χ3n) is 3.75. The van der Waals surface area contributed by atoms with Crippen LogP contribution < -0.4 is 0 Å². The molecule has 0 spiro atoms. The van der Waals surface area contributed by atoms with Crippen LogP contribution in [-0.4, -0.2) is 35.6 Å². The Balaban J connectivity index is 2.16. The summed E-state index contributed by atoms with van der Waals surface area (Å²) in [6.07, 6.45) is 2.41. The predicted molar refractivity (Wildman–Crippen MR) is 79.7 cm³/mol. The minimum atomic E-state index is -0.210. The van der Waals surface area contributed by atoms with Crippen molar-refractivity contribution in [1.29, 1.82) is 0 Å². The lowest BCUT2D eigenvalue weighted by atomic mass is 10.1. The standard InChI is InChI=1S/C16H18ClNO2/c1-11(12-5-6-12)18(2)16(20)14-8-7-13(4-3-9-19)15(17)10-14/h7-8,10-12,19H,5-6,9H2,1-2H3. The fourth-order valence-electron chi connectivity index (χ4n) is 2.17. The largest absolute Gasteiger partial charge is 0.384 e. The molecular formula is C16H18ClNO2. The van der Waals surface area contributed by atoms with Crippen LogP contribution in [-0.2, 0) is 0 Å². The second-order valence-corrected chi connectivity index (χ2v) is 5.56. The molecule has 1 atom stereocenters. The first kappa shape index (κ1) is 14.9. The Morgan fingerprint density at radius 3 is 2.80 bits per heavy atom. The Morgan fingerprint density at radius 2 is 2.25 bits per heavy atom. The van der Waals surface area contributed by atoms with Crippen molar-refractivity contribution in [3.8, 4) is 11.8 Å². The number of amides is 1. The number of aliphatic hydroxyl groups is 1. The van der Waals surface area contributed by atoms with Gasteiger partial charge in [0.1, 0.15) is 6.61 Å². The second-order valence-electron chi connectivity index (χ2n) is 5.15. The zero-order valence-electron chi connectivity index (χ0n) is 11.7. The Morgan fingerprint density at radius 1 is 1.55 bits per heavy atom. The first-order chi connectivity index (χ1) is 9.54. The van der Waals surface area contributed by atoms with Crippen molar-refractivity contribution in [3.63, 3.8) is 0 Å². The number of rotatable bonds is 3. The summed E-state index contributed by atoms with van der Waals surface area (Å²) in [5, 5.41) is 9.11. The zero-order chi connectivity index (χ0) is 14.7. The summed E-state index contributed by atoms with van der Waals surface area (Å²) in [6.45, 7) is 1.87. The third-order valence-corrected chi connectivity index (χ3v) is 4.07. The maximum atomic E-state index is 12.4. The molecule has 20 heavy (non-hydrogen) atoms. The summed E-state index contributed by atoms with van der Waals surface area (Å²) < 4.78 is 0. The van der Waals surface area contributed by atoms with E-state index in [-0.39, 0.29) is 18.6 Å². The number of carbonyl (C=O) groups is 1. The summed E-state index contributed by atoms with van der Waals surface area (Å²) in [5.74, 6) is 5.91. The molecule has 1 amide bonds. The van der Waals surface area contributed by atoms with Crippen LogP contribution in [0.3, 0.4) is 0 Å². The third kappa shape index (κ3) is 3.33. The highest BCUT2D eigenvalue weighted by molar-refractivity contribution is 6.32. The van der Waals surface area contributed by atoms with Gasteiger partial charge in [0, 0.05) is 24.2 Å². The van der Waals surface area contributed by atoms with Crippen molar-refractivity contribution in [2.24, 2.45) is 5.92 Å². The maximum absolute atomic E-state index is 12.4. The van der Waals surface area contributed by atoms with Gasteiger partial charge >= 0.3 is 0 Å². The van der Waals surface area contributed by atoms with Crippen LogP contribution in [0.1, 0.15) is 35.7 Å². The molecule has 3 nitrogen and oxygen atoms in total. The molecule has 0 aliphatic heterocycles. The van der Waals surface area contributed by atoms with E-state index in [9.17, 15) is 4.79 Å². The van der Waals surface area contributed by atoms with Gasteiger partial charge in [0.25, 0.3) is 5.91 Å². The molecule has 0 aromatic heterocycles. The lowest BCUT2D eigenvalue weighted by molar-refractivity contribution is 0.0727. The Bertz CT molecular complexity index is 570. The van der Waals surface area contributed by atoms with Crippen LogP contribution in [0.15, 0.2) is 18.2 Å². The number of nitrogens with zero attached hydrogens (tertiary/aromatic N) is 1. The normalized spacial score (nSPS) is 15.2. The average molecular weight is 292 g/mol. The average Bonchev–Trinajstić information content (AvgIpc) is 3.28. The summed E-state index contributed by atoms with van der Waals surface area (Å²) in [6, 6.07) is 5.34. The SMILES string of the molecule is CC(C1CC1)N(C)C(=O)c1ccc(C#CCO)c(Cl)c1. The van der Waals surface area contributed by atoms with E-state index in [0.717, 1.165) is 0 Å². The number of benzene rings is 1. The van der Waals surface area contributed by atoms with E-state index in [1.807, 2.05) is 7.05 Å². The van der Waals surface area contributed by atoms with Gasteiger partial charge in [-0.15, -0.1) is 0 Å². The van der Waals surface area contributed by atoms with Gasteiger partial charge in [0.15, 0.2) is 0 Å². The van der Waals surface area contributed by atoms with Crippen molar-refractivity contribution in [1.82, 2.24) is 4.90 Å². The van der Waals surface area contributed by atoms with E-state index in [1.54, 1.807) is 23.1 Å². The van der Waals surface area contributed by atoms with E-state index in [1.165, 1.54) is 12.8 Å². The highest BCUT2D eigenvalue weighted by Gasteiger charge is 2.32. The van der Waals surface area contributed by atoms with Crippen molar-refractivity contribution < 1.29 is 9.90 Å². The van der Waals surface area contributed by atoms with E-state index >= 15 is 0 Å². The molecular weight excluding hydrogens is 274 g/mol. The van der Waals surface area contributed by atoms with Crippen LogP contribution in [0.5, 0.6) is 0 Å². The van der Waals surface area contributed by atoms with Gasteiger partial charge in [-0.25, -0.2) is 0 Å². The number of halogens is 1. The lowest BCUT2D eigenvalue weighted by Gasteiger charge is -2.25. The number of aliphatic hydroxyl groups excluding tert-OH is 1. The molecule has 0 saturated heterocycles. The number of hydrogen-bond acceptors (Lipinski definition) is 2. The Labute approximate surface area is 124 Å². The van der Waals surface area contributed by atoms with Crippen molar-refractivity contribution in [3.05, 3.63) is 34.3 Å². The fraction of sp³-hybridized carbons (Fsp3) is 0.438. The fourth-order valence-corrected chi connectivity index (χ4v) is 2.40. The highest BCUT2D eigenvalue weighted by Crippen LogP contribution is 2.35. The minimum absolute atomic E-state index is 0.0204. The maximum Gasteiger partial charge on any atom is 0.253 e. The van der Waals surface area contributed by atoms with Gasteiger partial charge in [-0.3, -0.25) is 4.79 Å². The first-order valence-corrected chi connectivity index (χ1v) is 7.09. The monoisotopic (exact) mass is 291 g/mol. The van der Waals surface area contributed by atoms with E-state index in [4.69, 9.17) is 16.7 Å². The van der Waals surface area contributed by atoms with E-state index < -0.39 is 0 Å². The summed E-state index contributed by atoms with van der Waals surface area (Å²) in [7, 11) is 1.83. The van der Waals surface area contributed by atoms with Crippen molar-refractivity contribution >= 4 is 17.5 Å². The van der Waals surface area contributed by atoms with E-state index in [2.05, 4.69) is 18.8 Å². The molecule has 1 aromatic carbocycles. The molecule has 1 N–H and O–H groups in total. The van der Waals surface area contributed by atoms with Gasteiger partial charge in [-0.05, 0) is 43.9 Å². The highest BCUT2D eigenvalue weighted by atomic mass is 35.5. The van der Waals surface area contributed by atoms with Crippen LogP contribution in [0.25, 0.3) is 0 Å². The molecule has 1 aromatic rings. The minimum Gasteiger partial charge on any atom is -0.384 e. The Kier molecular flexibility index (Phi) is 4.69. The smallest absolute Gasteiger partial charge is 0.253 e. The van der Waals surface area contributed by atoms with Crippen LogP contribution in [0.4, 0.5) is 0 Å². The quantitative estimate of drug-likeness (QED) is 0.870.